The molecular formula is C22H19ClN2O5S. The molecule has 0 aliphatic carbocycles. The van der Waals surface area contributed by atoms with Crippen molar-refractivity contribution in [3.05, 3.63) is 83.4 Å². The lowest BCUT2D eigenvalue weighted by atomic mass is 10.2. The van der Waals surface area contributed by atoms with Crippen molar-refractivity contribution < 1.29 is 22.7 Å². The largest absolute Gasteiger partial charge is 0.465 e. The summed E-state index contributed by atoms with van der Waals surface area (Å²) in [6, 6.07) is 18.9. The Morgan fingerprint density at radius 3 is 2.26 bits per heavy atom. The van der Waals surface area contributed by atoms with Crippen LogP contribution in [0.15, 0.2) is 82.6 Å². The van der Waals surface area contributed by atoms with E-state index in [4.69, 9.17) is 16.3 Å². The summed E-state index contributed by atoms with van der Waals surface area (Å²) in [6.07, 6.45) is 0. The fourth-order valence-corrected chi connectivity index (χ4v) is 4.70. The maximum atomic E-state index is 12.9. The van der Waals surface area contributed by atoms with Gasteiger partial charge in [0.25, 0.3) is 0 Å². The minimum atomic E-state index is -3.82. The lowest BCUT2D eigenvalue weighted by Crippen LogP contribution is -2.23. The molecule has 1 amide bonds. The number of methoxy groups -OCH3 is 1. The summed E-state index contributed by atoms with van der Waals surface area (Å²) in [6.45, 7) is -0.204. The average molecular weight is 459 g/mol. The molecule has 3 rings (SSSR count). The van der Waals surface area contributed by atoms with E-state index < -0.39 is 21.7 Å². The molecule has 0 unspecified atom stereocenters. The molecule has 0 saturated carbocycles. The van der Waals surface area contributed by atoms with Crippen LogP contribution in [0.3, 0.4) is 0 Å². The molecule has 0 bridgehead atoms. The summed E-state index contributed by atoms with van der Waals surface area (Å²) < 4.78 is 30.5. The van der Waals surface area contributed by atoms with E-state index in [-0.39, 0.29) is 32.6 Å². The van der Waals surface area contributed by atoms with Gasteiger partial charge in [-0.15, -0.1) is 0 Å². The Bertz CT molecular complexity index is 1210. The summed E-state index contributed by atoms with van der Waals surface area (Å²) in [7, 11) is -2.57. The topological polar surface area (TPSA) is 102 Å². The highest BCUT2D eigenvalue weighted by atomic mass is 35.5. The Balaban J connectivity index is 1.76. The predicted octanol–water partition coefficient (Wildman–Crippen LogP) is 4.01. The van der Waals surface area contributed by atoms with Gasteiger partial charge in [-0.2, -0.15) is 0 Å². The quantitative estimate of drug-likeness (QED) is 0.519. The molecule has 3 aromatic rings. The lowest BCUT2D eigenvalue weighted by Gasteiger charge is -2.13. The fourth-order valence-electron chi connectivity index (χ4n) is 2.83. The second kappa shape index (κ2) is 9.63. The molecule has 0 radical (unpaired) electrons. The molecule has 0 saturated heterocycles. The highest BCUT2D eigenvalue weighted by Crippen LogP contribution is 2.33. The zero-order valence-corrected chi connectivity index (χ0v) is 18.0. The molecule has 31 heavy (non-hydrogen) atoms. The number of amides is 1. The van der Waals surface area contributed by atoms with E-state index in [1.54, 1.807) is 42.5 Å². The number of benzene rings is 3. The SMILES string of the molecule is COC(=O)c1ccccc1NC(=O)CNc1cccc(S(=O)(=O)c2ccccc2)c1Cl. The first-order valence-electron chi connectivity index (χ1n) is 9.14. The Morgan fingerprint density at radius 2 is 1.55 bits per heavy atom. The molecule has 0 aliphatic rings. The van der Waals surface area contributed by atoms with Crippen LogP contribution >= 0.6 is 11.6 Å². The van der Waals surface area contributed by atoms with Gasteiger partial charge in [-0.25, -0.2) is 13.2 Å². The summed E-state index contributed by atoms with van der Waals surface area (Å²) in [5, 5.41) is 5.44. The molecule has 0 aromatic heterocycles. The van der Waals surface area contributed by atoms with Crippen LogP contribution in [0, 0.1) is 0 Å². The number of ether oxygens (including phenoxy) is 1. The first-order valence-corrected chi connectivity index (χ1v) is 11.0. The molecule has 0 fully saturated rings. The van der Waals surface area contributed by atoms with Gasteiger partial charge in [-0.1, -0.05) is 48.0 Å². The molecule has 2 N–H and O–H groups in total. The van der Waals surface area contributed by atoms with E-state index in [1.165, 1.54) is 37.4 Å². The van der Waals surface area contributed by atoms with Crippen molar-refractivity contribution in [1.82, 2.24) is 0 Å². The number of carbonyl (C=O) groups excluding carboxylic acids is 2. The summed E-state index contributed by atoms with van der Waals surface area (Å²) >= 11 is 6.34. The fraction of sp³-hybridized carbons (Fsp3) is 0.0909. The zero-order chi connectivity index (χ0) is 22.4. The number of carbonyl (C=O) groups is 2. The summed E-state index contributed by atoms with van der Waals surface area (Å²) in [5.74, 6) is -1.03. The monoisotopic (exact) mass is 458 g/mol. The number of halogens is 1. The molecule has 160 valence electrons. The number of rotatable bonds is 7. The number of esters is 1. The van der Waals surface area contributed by atoms with Crippen LogP contribution in [0.2, 0.25) is 5.02 Å². The van der Waals surface area contributed by atoms with Gasteiger partial charge in [-0.3, -0.25) is 4.79 Å². The van der Waals surface area contributed by atoms with Crippen molar-refractivity contribution in [2.45, 2.75) is 9.79 Å². The van der Waals surface area contributed by atoms with Gasteiger partial charge in [-0.05, 0) is 36.4 Å². The van der Waals surface area contributed by atoms with Crippen LogP contribution in [0.5, 0.6) is 0 Å². The normalized spacial score (nSPS) is 10.9. The minimum absolute atomic E-state index is 0.0193. The standard InChI is InChI=1S/C22H19ClN2O5S/c1-30-22(27)16-10-5-6-11-17(16)25-20(26)14-24-18-12-7-13-19(21(18)23)31(28,29)15-8-3-2-4-9-15/h2-13,24H,14H2,1H3,(H,25,26). The highest BCUT2D eigenvalue weighted by molar-refractivity contribution is 7.91. The molecule has 9 heteroatoms. The van der Waals surface area contributed by atoms with Crippen molar-refractivity contribution >= 4 is 44.7 Å². The summed E-state index contributed by atoms with van der Waals surface area (Å²) in [4.78, 5) is 24.3. The van der Waals surface area contributed by atoms with Gasteiger partial charge in [0.1, 0.15) is 0 Å². The second-order valence-corrected chi connectivity index (χ2v) is 8.67. The highest BCUT2D eigenvalue weighted by Gasteiger charge is 2.22. The van der Waals surface area contributed by atoms with Crippen LogP contribution in [-0.2, 0) is 19.4 Å². The second-order valence-electron chi connectivity index (χ2n) is 6.37. The Hall–Kier alpha value is -3.36. The van der Waals surface area contributed by atoms with Crippen molar-refractivity contribution in [3.8, 4) is 0 Å². The predicted molar refractivity (Wildman–Crippen MR) is 118 cm³/mol. The molecule has 0 atom stereocenters. The van der Waals surface area contributed by atoms with E-state index in [9.17, 15) is 18.0 Å². The number of nitrogens with one attached hydrogen (secondary N) is 2. The van der Waals surface area contributed by atoms with Crippen molar-refractivity contribution in [3.63, 3.8) is 0 Å². The van der Waals surface area contributed by atoms with Gasteiger partial charge >= 0.3 is 5.97 Å². The molecule has 0 heterocycles. The Kier molecular flexibility index (Phi) is 6.94. The summed E-state index contributed by atoms with van der Waals surface area (Å²) in [5.41, 5.74) is 0.801. The van der Waals surface area contributed by atoms with Gasteiger partial charge in [0.15, 0.2) is 0 Å². The number of para-hydroxylation sites is 1. The molecule has 3 aromatic carbocycles. The van der Waals surface area contributed by atoms with Crippen LogP contribution in [-0.4, -0.2) is 33.9 Å². The third-order valence-corrected chi connectivity index (χ3v) is 6.68. The number of anilines is 2. The number of sulfone groups is 1. The smallest absolute Gasteiger partial charge is 0.339 e. The van der Waals surface area contributed by atoms with Crippen LogP contribution < -0.4 is 10.6 Å². The van der Waals surface area contributed by atoms with Crippen LogP contribution in [0.25, 0.3) is 0 Å². The van der Waals surface area contributed by atoms with Crippen LogP contribution in [0.4, 0.5) is 11.4 Å². The molecule has 7 nitrogen and oxygen atoms in total. The molecule has 0 aliphatic heterocycles. The van der Waals surface area contributed by atoms with Gasteiger partial charge in [0, 0.05) is 0 Å². The van der Waals surface area contributed by atoms with Gasteiger partial charge in [0.05, 0.1) is 45.4 Å². The zero-order valence-electron chi connectivity index (χ0n) is 16.5. The average Bonchev–Trinajstić information content (AvgIpc) is 2.78. The Labute approximate surface area is 184 Å². The first kappa shape index (κ1) is 22.3. The third kappa shape index (κ3) is 5.04. The maximum Gasteiger partial charge on any atom is 0.339 e. The number of hydrogen-bond acceptors (Lipinski definition) is 6. The van der Waals surface area contributed by atoms with Gasteiger partial charge < -0.3 is 15.4 Å². The van der Waals surface area contributed by atoms with Gasteiger partial charge in [0.2, 0.25) is 15.7 Å². The van der Waals surface area contributed by atoms with Crippen molar-refractivity contribution in [1.29, 1.82) is 0 Å². The Morgan fingerprint density at radius 1 is 0.903 bits per heavy atom. The maximum absolute atomic E-state index is 12.9. The van der Waals surface area contributed by atoms with E-state index in [0.29, 0.717) is 5.69 Å². The van der Waals surface area contributed by atoms with Crippen molar-refractivity contribution in [2.24, 2.45) is 0 Å². The van der Waals surface area contributed by atoms with E-state index in [1.807, 2.05) is 0 Å². The lowest BCUT2D eigenvalue weighted by molar-refractivity contribution is -0.114. The first-order chi connectivity index (χ1) is 14.8. The molecular weight excluding hydrogens is 440 g/mol. The number of hydrogen-bond donors (Lipinski definition) is 2. The third-order valence-electron chi connectivity index (χ3n) is 4.35. The van der Waals surface area contributed by atoms with E-state index >= 15 is 0 Å². The van der Waals surface area contributed by atoms with Crippen molar-refractivity contribution in [2.75, 3.05) is 24.3 Å². The molecule has 0 spiro atoms. The van der Waals surface area contributed by atoms with E-state index in [2.05, 4.69) is 10.6 Å². The minimum Gasteiger partial charge on any atom is -0.465 e. The van der Waals surface area contributed by atoms with Crippen LogP contribution in [0.1, 0.15) is 10.4 Å². The van der Waals surface area contributed by atoms with E-state index in [0.717, 1.165) is 0 Å².